The Kier molecular flexibility index (Phi) is 5.61. The third-order valence-corrected chi connectivity index (χ3v) is 2.93. The summed E-state index contributed by atoms with van der Waals surface area (Å²) < 4.78 is 0. The van der Waals surface area contributed by atoms with E-state index in [-0.39, 0.29) is 30.6 Å². The lowest BCUT2D eigenvalue weighted by Crippen LogP contribution is -2.33. The average molecular weight is 255 g/mol. The number of carbonyl (C=O) groups excluding carboxylic acids is 3. The standard InChI is InChI=1S/C12H21N3O3/c1-3-7-15(8-4-2)10(16)6-5-9-11(17)13-14-12(9)18/h9H,3-8H2,1-2H3,(H,13,17)(H,14,18). The Morgan fingerprint density at radius 2 is 1.61 bits per heavy atom. The molecular formula is C12H21N3O3. The van der Waals surface area contributed by atoms with Crippen molar-refractivity contribution in [2.45, 2.75) is 39.5 Å². The van der Waals surface area contributed by atoms with Gasteiger partial charge in [0.2, 0.25) is 5.91 Å². The molecule has 1 aliphatic heterocycles. The smallest absolute Gasteiger partial charge is 0.251 e. The van der Waals surface area contributed by atoms with Gasteiger partial charge in [0.15, 0.2) is 0 Å². The van der Waals surface area contributed by atoms with Crippen LogP contribution in [0.4, 0.5) is 0 Å². The predicted molar refractivity (Wildman–Crippen MR) is 66.2 cm³/mol. The van der Waals surface area contributed by atoms with Crippen molar-refractivity contribution in [1.82, 2.24) is 15.8 Å². The fraction of sp³-hybridized carbons (Fsp3) is 0.750. The van der Waals surface area contributed by atoms with Crippen LogP contribution in [0.5, 0.6) is 0 Å². The van der Waals surface area contributed by atoms with Gasteiger partial charge in [0, 0.05) is 19.5 Å². The molecule has 1 saturated heterocycles. The molecule has 3 amide bonds. The SMILES string of the molecule is CCCN(CCC)C(=O)CCC1C(=O)NNC1=O. The number of amides is 3. The van der Waals surface area contributed by atoms with Crippen molar-refractivity contribution in [3.63, 3.8) is 0 Å². The molecule has 0 radical (unpaired) electrons. The average Bonchev–Trinajstić information content (AvgIpc) is 2.66. The second kappa shape index (κ2) is 6.98. The predicted octanol–water partition coefficient (Wildman–Crippen LogP) is 0.192. The molecule has 0 aromatic heterocycles. The van der Waals surface area contributed by atoms with Crippen molar-refractivity contribution in [3.05, 3.63) is 0 Å². The Balaban J connectivity index is 2.43. The van der Waals surface area contributed by atoms with E-state index in [0.717, 1.165) is 25.9 Å². The molecule has 2 N–H and O–H groups in total. The van der Waals surface area contributed by atoms with E-state index in [4.69, 9.17) is 0 Å². The minimum atomic E-state index is -0.723. The molecule has 0 aliphatic carbocycles. The van der Waals surface area contributed by atoms with E-state index in [0.29, 0.717) is 0 Å². The second-order valence-corrected chi connectivity index (χ2v) is 4.45. The number of hydrogen-bond donors (Lipinski definition) is 2. The first kappa shape index (κ1) is 14.5. The van der Waals surface area contributed by atoms with Gasteiger partial charge in [-0.1, -0.05) is 13.8 Å². The van der Waals surface area contributed by atoms with Gasteiger partial charge in [0.05, 0.1) is 0 Å². The van der Waals surface area contributed by atoms with Crippen LogP contribution in [0.2, 0.25) is 0 Å². The van der Waals surface area contributed by atoms with Crippen LogP contribution < -0.4 is 10.9 Å². The van der Waals surface area contributed by atoms with Gasteiger partial charge in [0.1, 0.15) is 5.92 Å². The zero-order chi connectivity index (χ0) is 13.5. The van der Waals surface area contributed by atoms with E-state index in [9.17, 15) is 14.4 Å². The lowest BCUT2D eigenvalue weighted by molar-refractivity contribution is -0.132. The van der Waals surface area contributed by atoms with Gasteiger partial charge in [-0.3, -0.25) is 25.2 Å². The maximum atomic E-state index is 12.0. The summed E-state index contributed by atoms with van der Waals surface area (Å²) in [4.78, 5) is 36.4. The van der Waals surface area contributed by atoms with Crippen molar-refractivity contribution >= 4 is 17.7 Å². The molecule has 1 fully saturated rings. The molecule has 1 rings (SSSR count). The molecule has 0 unspecified atom stereocenters. The monoisotopic (exact) mass is 255 g/mol. The zero-order valence-electron chi connectivity index (χ0n) is 11.0. The highest BCUT2D eigenvalue weighted by molar-refractivity contribution is 6.05. The van der Waals surface area contributed by atoms with Crippen molar-refractivity contribution in [1.29, 1.82) is 0 Å². The van der Waals surface area contributed by atoms with Gasteiger partial charge in [-0.05, 0) is 19.3 Å². The summed E-state index contributed by atoms with van der Waals surface area (Å²) in [5.41, 5.74) is 4.52. The van der Waals surface area contributed by atoms with Crippen LogP contribution in [0.3, 0.4) is 0 Å². The Labute approximate surface area is 107 Å². The third kappa shape index (κ3) is 3.72. The van der Waals surface area contributed by atoms with Crippen LogP contribution in [-0.2, 0) is 14.4 Å². The molecule has 1 heterocycles. The normalized spacial score (nSPS) is 15.4. The third-order valence-electron chi connectivity index (χ3n) is 2.93. The van der Waals surface area contributed by atoms with Crippen LogP contribution in [-0.4, -0.2) is 35.7 Å². The lowest BCUT2D eigenvalue weighted by Gasteiger charge is -2.21. The van der Waals surface area contributed by atoms with Gasteiger partial charge < -0.3 is 4.90 Å². The summed E-state index contributed by atoms with van der Waals surface area (Å²) in [6.45, 7) is 5.51. The molecule has 0 bridgehead atoms. The Morgan fingerprint density at radius 1 is 1.11 bits per heavy atom. The first-order chi connectivity index (χ1) is 8.60. The van der Waals surface area contributed by atoms with Crippen LogP contribution in [0.15, 0.2) is 0 Å². The molecule has 0 aromatic rings. The maximum absolute atomic E-state index is 12.0. The van der Waals surface area contributed by atoms with Crippen LogP contribution in [0.1, 0.15) is 39.5 Å². The highest BCUT2D eigenvalue weighted by Crippen LogP contribution is 2.12. The number of nitrogens with one attached hydrogen (secondary N) is 2. The van der Waals surface area contributed by atoms with E-state index in [1.165, 1.54) is 0 Å². The number of carbonyl (C=O) groups is 3. The molecule has 18 heavy (non-hydrogen) atoms. The molecule has 6 heteroatoms. The summed E-state index contributed by atoms with van der Waals surface area (Å²) >= 11 is 0. The Bertz CT molecular complexity index is 309. The second-order valence-electron chi connectivity index (χ2n) is 4.45. The van der Waals surface area contributed by atoms with Crippen molar-refractivity contribution in [2.75, 3.05) is 13.1 Å². The highest BCUT2D eigenvalue weighted by Gasteiger charge is 2.33. The van der Waals surface area contributed by atoms with E-state index in [2.05, 4.69) is 10.9 Å². The summed E-state index contributed by atoms with van der Waals surface area (Å²) in [6.07, 6.45) is 2.35. The van der Waals surface area contributed by atoms with E-state index < -0.39 is 5.92 Å². The van der Waals surface area contributed by atoms with Gasteiger partial charge in [0.25, 0.3) is 11.8 Å². The Morgan fingerprint density at radius 3 is 2.06 bits per heavy atom. The summed E-state index contributed by atoms with van der Waals surface area (Å²) in [6, 6.07) is 0. The molecule has 102 valence electrons. The largest absolute Gasteiger partial charge is 0.343 e. The first-order valence-electron chi connectivity index (χ1n) is 6.47. The molecule has 0 aromatic carbocycles. The molecule has 6 nitrogen and oxygen atoms in total. The first-order valence-corrected chi connectivity index (χ1v) is 6.47. The van der Waals surface area contributed by atoms with Gasteiger partial charge in [-0.2, -0.15) is 0 Å². The van der Waals surface area contributed by atoms with Crippen molar-refractivity contribution in [3.8, 4) is 0 Å². The summed E-state index contributed by atoms with van der Waals surface area (Å²) in [7, 11) is 0. The van der Waals surface area contributed by atoms with Crippen LogP contribution >= 0.6 is 0 Å². The molecule has 0 atom stereocenters. The zero-order valence-corrected chi connectivity index (χ0v) is 11.0. The van der Waals surface area contributed by atoms with Crippen LogP contribution in [0.25, 0.3) is 0 Å². The Hall–Kier alpha value is -1.59. The topological polar surface area (TPSA) is 78.5 Å². The lowest BCUT2D eigenvalue weighted by atomic mass is 10.0. The number of rotatable bonds is 7. The van der Waals surface area contributed by atoms with Crippen molar-refractivity contribution in [2.24, 2.45) is 5.92 Å². The quantitative estimate of drug-likeness (QED) is 0.637. The molecule has 1 aliphatic rings. The number of nitrogens with zero attached hydrogens (tertiary/aromatic N) is 1. The fourth-order valence-electron chi connectivity index (χ4n) is 2.01. The summed E-state index contributed by atoms with van der Waals surface area (Å²) in [5.74, 6) is -1.39. The minimum absolute atomic E-state index is 0.0196. The van der Waals surface area contributed by atoms with Crippen molar-refractivity contribution < 1.29 is 14.4 Å². The van der Waals surface area contributed by atoms with Crippen LogP contribution in [0, 0.1) is 5.92 Å². The summed E-state index contributed by atoms with van der Waals surface area (Å²) in [5, 5.41) is 0. The maximum Gasteiger partial charge on any atom is 0.251 e. The van der Waals surface area contributed by atoms with E-state index in [1.807, 2.05) is 13.8 Å². The van der Waals surface area contributed by atoms with Gasteiger partial charge in [-0.15, -0.1) is 0 Å². The van der Waals surface area contributed by atoms with Gasteiger partial charge in [-0.25, -0.2) is 0 Å². The minimum Gasteiger partial charge on any atom is -0.343 e. The molecule has 0 spiro atoms. The van der Waals surface area contributed by atoms with E-state index in [1.54, 1.807) is 4.90 Å². The number of hydrazine groups is 1. The molecule has 0 saturated carbocycles. The number of hydrogen-bond acceptors (Lipinski definition) is 3. The fourth-order valence-corrected chi connectivity index (χ4v) is 2.01. The molecular weight excluding hydrogens is 234 g/mol. The van der Waals surface area contributed by atoms with Gasteiger partial charge >= 0.3 is 0 Å². The van der Waals surface area contributed by atoms with E-state index >= 15 is 0 Å². The highest BCUT2D eigenvalue weighted by atomic mass is 16.2.